The molecule has 4 nitrogen and oxygen atoms in total. The molecule has 0 radical (unpaired) electrons. The van der Waals surface area contributed by atoms with Crippen LogP contribution in [0.4, 0.5) is 5.69 Å². The summed E-state index contributed by atoms with van der Waals surface area (Å²) in [6, 6.07) is 8.61. The number of rotatable bonds is 2. The minimum Gasteiger partial charge on any atom is -0.258 e. The summed E-state index contributed by atoms with van der Waals surface area (Å²) in [6.45, 7) is 0. The molecule has 0 saturated carbocycles. The maximum absolute atomic E-state index is 10.8. The monoisotopic (exact) mass is 314 g/mol. The number of fused-ring (bicyclic) bond motifs is 4. The molecule has 1 aromatic heterocycles. The standard InChI is InChI=1S/C20H14N2O2/c23-22(24)17-8-6-15(7-9-17)18-11-12-21-20-16-4-2-1-3-14(13-16)5-10-19(18)20/h1-12H,13H2. The van der Waals surface area contributed by atoms with Crippen molar-refractivity contribution in [2.24, 2.45) is 0 Å². The van der Waals surface area contributed by atoms with Crippen molar-refractivity contribution in [3.8, 4) is 11.1 Å². The first-order valence-electron chi connectivity index (χ1n) is 7.71. The van der Waals surface area contributed by atoms with Crippen LogP contribution in [0.1, 0.15) is 17.7 Å². The molecule has 2 bridgehead atoms. The molecule has 0 N–H and O–H groups in total. The highest BCUT2D eigenvalue weighted by atomic mass is 16.6. The van der Waals surface area contributed by atoms with E-state index in [1.807, 2.05) is 18.2 Å². The van der Waals surface area contributed by atoms with Crippen molar-refractivity contribution in [1.29, 1.82) is 0 Å². The lowest BCUT2D eigenvalue weighted by molar-refractivity contribution is -0.384. The van der Waals surface area contributed by atoms with Gasteiger partial charge in [-0.1, -0.05) is 36.5 Å². The van der Waals surface area contributed by atoms with Crippen LogP contribution in [0, 0.1) is 10.1 Å². The van der Waals surface area contributed by atoms with E-state index >= 15 is 0 Å². The average molecular weight is 314 g/mol. The molecular formula is C20H14N2O2. The summed E-state index contributed by atoms with van der Waals surface area (Å²) in [5.41, 5.74) is 6.51. The minimum atomic E-state index is -0.382. The van der Waals surface area contributed by atoms with Gasteiger partial charge in [0.1, 0.15) is 0 Å². The number of allylic oxidation sites excluding steroid dienone is 7. The predicted octanol–water partition coefficient (Wildman–Crippen LogP) is 4.95. The van der Waals surface area contributed by atoms with Gasteiger partial charge >= 0.3 is 0 Å². The van der Waals surface area contributed by atoms with Crippen LogP contribution in [0.5, 0.6) is 0 Å². The van der Waals surface area contributed by atoms with Crippen molar-refractivity contribution in [3.63, 3.8) is 0 Å². The average Bonchev–Trinajstić information content (AvgIpc) is 2.95. The SMILES string of the molecule is O=[N+]([O-])c1ccc(-c2ccnc3c2C=CC2=CC=CC=C3C2)cc1. The molecule has 0 amide bonds. The van der Waals surface area contributed by atoms with Crippen LogP contribution >= 0.6 is 0 Å². The number of hydrogen-bond donors (Lipinski definition) is 0. The Morgan fingerprint density at radius 2 is 1.79 bits per heavy atom. The third kappa shape index (κ3) is 2.48. The van der Waals surface area contributed by atoms with Crippen LogP contribution in [-0.4, -0.2) is 9.91 Å². The van der Waals surface area contributed by atoms with Crippen LogP contribution in [0.3, 0.4) is 0 Å². The lowest BCUT2D eigenvalue weighted by atomic mass is 9.96. The number of aromatic nitrogens is 1. The second-order valence-corrected chi connectivity index (χ2v) is 5.75. The third-order valence-electron chi connectivity index (χ3n) is 4.26. The molecule has 0 atom stereocenters. The molecule has 1 heterocycles. The number of non-ortho nitro benzene ring substituents is 1. The fourth-order valence-electron chi connectivity index (χ4n) is 3.07. The highest BCUT2D eigenvalue weighted by molar-refractivity contribution is 5.86. The van der Waals surface area contributed by atoms with E-state index in [1.54, 1.807) is 18.3 Å². The normalized spacial score (nSPS) is 15.0. The van der Waals surface area contributed by atoms with Gasteiger partial charge in [0.25, 0.3) is 5.69 Å². The van der Waals surface area contributed by atoms with Gasteiger partial charge in [-0.05, 0) is 46.9 Å². The number of hydrogen-bond acceptors (Lipinski definition) is 3. The Morgan fingerprint density at radius 3 is 2.58 bits per heavy atom. The first-order valence-corrected chi connectivity index (χ1v) is 7.71. The van der Waals surface area contributed by atoms with E-state index in [9.17, 15) is 10.1 Å². The van der Waals surface area contributed by atoms with E-state index in [4.69, 9.17) is 0 Å². The lowest BCUT2D eigenvalue weighted by Crippen LogP contribution is -1.95. The number of pyridine rings is 1. The second kappa shape index (κ2) is 5.74. The Kier molecular flexibility index (Phi) is 3.43. The van der Waals surface area contributed by atoms with Crippen LogP contribution in [0.2, 0.25) is 0 Å². The lowest BCUT2D eigenvalue weighted by Gasteiger charge is -2.11. The van der Waals surface area contributed by atoms with Gasteiger partial charge in [-0.25, -0.2) is 0 Å². The molecule has 4 heteroatoms. The summed E-state index contributed by atoms with van der Waals surface area (Å²) in [5.74, 6) is 0. The van der Waals surface area contributed by atoms with E-state index in [2.05, 4.69) is 29.3 Å². The summed E-state index contributed by atoms with van der Waals surface area (Å²) < 4.78 is 0. The molecule has 2 aliphatic carbocycles. The smallest absolute Gasteiger partial charge is 0.258 e. The maximum atomic E-state index is 10.8. The van der Waals surface area contributed by atoms with Gasteiger partial charge in [0, 0.05) is 23.9 Å². The Balaban J connectivity index is 1.88. The topological polar surface area (TPSA) is 56.0 Å². The quantitative estimate of drug-likeness (QED) is 0.582. The Morgan fingerprint density at radius 1 is 1.00 bits per heavy atom. The zero-order valence-corrected chi connectivity index (χ0v) is 12.8. The largest absolute Gasteiger partial charge is 0.269 e. The number of nitro benzene ring substituents is 1. The Bertz CT molecular complexity index is 948. The highest BCUT2D eigenvalue weighted by Crippen LogP contribution is 2.36. The van der Waals surface area contributed by atoms with Gasteiger partial charge in [0.2, 0.25) is 0 Å². The van der Waals surface area contributed by atoms with Crippen molar-refractivity contribution in [1.82, 2.24) is 4.98 Å². The van der Waals surface area contributed by atoms with Gasteiger partial charge in [0.05, 0.1) is 10.6 Å². The molecule has 0 saturated heterocycles. The van der Waals surface area contributed by atoms with Gasteiger partial charge in [-0.3, -0.25) is 15.1 Å². The molecule has 24 heavy (non-hydrogen) atoms. The van der Waals surface area contributed by atoms with E-state index in [-0.39, 0.29) is 10.6 Å². The van der Waals surface area contributed by atoms with Crippen molar-refractivity contribution in [2.75, 3.05) is 0 Å². The molecule has 0 spiro atoms. The minimum absolute atomic E-state index is 0.0970. The van der Waals surface area contributed by atoms with E-state index in [1.165, 1.54) is 23.3 Å². The first-order chi connectivity index (χ1) is 11.7. The number of nitro groups is 1. The summed E-state index contributed by atoms with van der Waals surface area (Å²) in [4.78, 5) is 15.1. The fraction of sp³-hybridized carbons (Fsp3) is 0.0500. The van der Waals surface area contributed by atoms with Crippen LogP contribution in [0.25, 0.3) is 22.8 Å². The fourth-order valence-corrected chi connectivity index (χ4v) is 3.07. The molecular weight excluding hydrogens is 300 g/mol. The van der Waals surface area contributed by atoms with E-state index < -0.39 is 0 Å². The van der Waals surface area contributed by atoms with Crippen LogP contribution in [-0.2, 0) is 0 Å². The zero-order chi connectivity index (χ0) is 16.5. The second-order valence-electron chi connectivity index (χ2n) is 5.75. The molecule has 116 valence electrons. The molecule has 2 aromatic rings. The summed E-state index contributed by atoms with van der Waals surface area (Å²) >= 11 is 0. The van der Waals surface area contributed by atoms with E-state index in [0.29, 0.717) is 0 Å². The van der Waals surface area contributed by atoms with Gasteiger partial charge in [-0.2, -0.15) is 0 Å². The Hall–Kier alpha value is -3.27. The predicted molar refractivity (Wildman–Crippen MR) is 95.2 cm³/mol. The number of nitrogens with zero attached hydrogens (tertiary/aromatic N) is 2. The molecule has 0 aliphatic heterocycles. The van der Waals surface area contributed by atoms with Crippen LogP contribution in [0.15, 0.2) is 72.5 Å². The molecule has 1 aromatic carbocycles. The summed E-state index contributed by atoms with van der Waals surface area (Å²) in [6.07, 6.45) is 15.1. The van der Waals surface area contributed by atoms with Gasteiger partial charge in [-0.15, -0.1) is 0 Å². The molecule has 2 aliphatic rings. The first kappa shape index (κ1) is 14.3. The van der Waals surface area contributed by atoms with Crippen molar-refractivity contribution >= 4 is 17.3 Å². The third-order valence-corrected chi connectivity index (χ3v) is 4.26. The molecule has 0 fully saturated rings. The Labute approximate surface area is 139 Å². The van der Waals surface area contributed by atoms with Gasteiger partial charge in [0.15, 0.2) is 0 Å². The summed E-state index contributed by atoms with van der Waals surface area (Å²) in [7, 11) is 0. The maximum Gasteiger partial charge on any atom is 0.269 e. The van der Waals surface area contributed by atoms with Crippen LogP contribution < -0.4 is 0 Å². The molecule has 4 rings (SSSR count). The van der Waals surface area contributed by atoms with Crippen molar-refractivity contribution in [2.45, 2.75) is 6.42 Å². The van der Waals surface area contributed by atoms with Crippen molar-refractivity contribution < 1.29 is 4.92 Å². The van der Waals surface area contributed by atoms with E-state index in [0.717, 1.165) is 28.8 Å². The molecule has 0 unspecified atom stereocenters. The van der Waals surface area contributed by atoms with Gasteiger partial charge < -0.3 is 0 Å². The zero-order valence-electron chi connectivity index (χ0n) is 12.8. The summed E-state index contributed by atoms with van der Waals surface area (Å²) in [5, 5.41) is 10.8. The highest BCUT2D eigenvalue weighted by Gasteiger charge is 2.17. The number of benzene rings is 1. The van der Waals surface area contributed by atoms with Crippen molar-refractivity contribution in [3.05, 3.63) is 93.9 Å².